The predicted octanol–water partition coefficient (Wildman–Crippen LogP) is 1.36. The van der Waals surface area contributed by atoms with Crippen molar-refractivity contribution in [3.05, 3.63) is 5.82 Å². The zero-order valence-corrected chi connectivity index (χ0v) is 11.7. The monoisotopic (exact) mass is 280 g/mol. The van der Waals surface area contributed by atoms with E-state index >= 15 is 0 Å². The smallest absolute Gasteiger partial charge is 0.252 e. The van der Waals surface area contributed by atoms with Crippen LogP contribution in [0.1, 0.15) is 44.9 Å². The minimum Gasteiger partial charge on any atom is -0.348 e. The molecule has 1 N–H and O–H groups in total. The molecule has 1 saturated heterocycles. The number of hydrogen-bond donors (Lipinski definition) is 1. The maximum absolute atomic E-state index is 12.1. The van der Waals surface area contributed by atoms with E-state index in [-0.39, 0.29) is 24.3 Å². The molecule has 1 aliphatic heterocycles. The molecule has 7 heteroatoms. The van der Waals surface area contributed by atoms with Gasteiger partial charge < -0.3 is 5.32 Å². The SMILES string of the molecule is CC(C)N1C(=O)CC(Nc2nc(C3CC3)ns2)C1=O. The van der Waals surface area contributed by atoms with Crippen molar-refractivity contribution in [2.75, 3.05) is 5.32 Å². The number of aromatic nitrogens is 2. The van der Waals surface area contributed by atoms with E-state index in [2.05, 4.69) is 14.7 Å². The lowest BCUT2D eigenvalue weighted by molar-refractivity contribution is -0.140. The Kier molecular flexibility index (Phi) is 3.00. The normalized spacial score (nSPS) is 23.5. The lowest BCUT2D eigenvalue weighted by atomic mass is 10.2. The Morgan fingerprint density at radius 2 is 2.11 bits per heavy atom. The Hall–Kier alpha value is -1.50. The summed E-state index contributed by atoms with van der Waals surface area (Å²) in [6, 6.07) is -0.585. The number of anilines is 1. The van der Waals surface area contributed by atoms with Crippen LogP contribution in [0.4, 0.5) is 5.13 Å². The third kappa shape index (κ3) is 2.34. The molecule has 1 saturated carbocycles. The van der Waals surface area contributed by atoms with Crippen LogP contribution in [0.2, 0.25) is 0 Å². The van der Waals surface area contributed by atoms with Gasteiger partial charge in [-0.2, -0.15) is 4.37 Å². The van der Waals surface area contributed by atoms with Gasteiger partial charge in [0.25, 0.3) is 5.91 Å². The second kappa shape index (κ2) is 4.56. The summed E-state index contributed by atoms with van der Waals surface area (Å²) >= 11 is 1.26. The van der Waals surface area contributed by atoms with Crippen LogP contribution in [0.25, 0.3) is 0 Å². The highest BCUT2D eigenvalue weighted by Gasteiger charge is 2.40. The number of rotatable bonds is 4. The molecule has 0 bridgehead atoms. The van der Waals surface area contributed by atoms with E-state index in [4.69, 9.17) is 0 Å². The van der Waals surface area contributed by atoms with Crippen molar-refractivity contribution in [3.8, 4) is 0 Å². The highest BCUT2D eigenvalue weighted by atomic mass is 32.1. The van der Waals surface area contributed by atoms with Crippen LogP contribution in [0.3, 0.4) is 0 Å². The Bertz CT molecular complexity index is 524. The summed E-state index contributed by atoms with van der Waals surface area (Å²) in [6.07, 6.45) is 2.51. The molecule has 102 valence electrons. The van der Waals surface area contributed by atoms with E-state index in [1.54, 1.807) is 0 Å². The Morgan fingerprint density at radius 1 is 1.37 bits per heavy atom. The highest BCUT2D eigenvalue weighted by molar-refractivity contribution is 7.09. The average Bonchev–Trinajstić information content (AvgIpc) is 3.02. The van der Waals surface area contributed by atoms with Gasteiger partial charge in [0, 0.05) is 23.5 Å². The molecule has 2 heterocycles. The fourth-order valence-electron chi connectivity index (χ4n) is 2.26. The summed E-state index contributed by atoms with van der Waals surface area (Å²) in [5.74, 6) is 1.08. The van der Waals surface area contributed by atoms with Gasteiger partial charge in [0.2, 0.25) is 11.0 Å². The second-order valence-electron chi connectivity index (χ2n) is 5.33. The summed E-state index contributed by atoms with van der Waals surface area (Å²) in [5.41, 5.74) is 0. The van der Waals surface area contributed by atoms with Crippen molar-refractivity contribution in [1.82, 2.24) is 14.3 Å². The molecule has 6 nitrogen and oxygen atoms in total. The van der Waals surface area contributed by atoms with Crippen LogP contribution in [-0.4, -0.2) is 38.2 Å². The molecule has 0 spiro atoms. The first-order chi connectivity index (χ1) is 9.06. The topological polar surface area (TPSA) is 75.2 Å². The van der Waals surface area contributed by atoms with Gasteiger partial charge in [-0.15, -0.1) is 0 Å². The molecule has 0 radical (unpaired) electrons. The summed E-state index contributed by atoms with van der Waals surface area (Å²) in [7, 11) is 0. The van der Waals surface area contributed by atoms with E-state index in [1.165, 1.54) is 16.4 Å². The van der Waals surface area contributed by atoms with Crippen molar-refractivity contribution < 1.29 is 9.59 Å². The van der Waals surface area contributed by atoms with Gasteiger partial charge in [-0.05, 0) is 26.7 Å². The van der Waals surface area contributed by atoms with Crippen LogP contribution >= 0.6 is 11.5 Å². The molecule has 2 aliphatic rings. The number of nitrogens with zero attached hydrogens (tertiary/aromatic N) is 3. The van der Waals surface area contributed by atoms with Crippen molar-refractivity contribution in [2.45, 2.75) is 51.1 Å². The third-order valence-corrected chi connectivity index (χ3v) is 4.04. The van der Waals surface area contributed by atoms with Crippen molar-refractivity contribution in [3.63, 3.8) is 0 Å². The molecule has 1 unspecified atom stereocenters. The minimum atomic E-state index is -0.491. The number of carbonyl (C=O) groups excluding carboxylic acids is 2. The molecule has 2 fully saturated rings. The van der Waals surface area contributed by atoms with Crippen LogP contribution in [-0.2, 0) is 9.59 Å². The van der Waals surface area contributed by atoms with E-state index in [0.29, 0.717) is 11.0 Å². The maximum atomic E-state index is 12.1. The lowest BCUT2D eigenvalue weighted by Gasteiger charge is -2.18. The zero-order valence-electron chi connectivity index (χ0n) is 10.9. The molecule has 3 rings (SSSR count). The maximum Gasteiger partial charge on any atom is 0.252 e. The largest absolute Gasteiger partial charge is 0.348 e. The Labute approximate surface area is 115 Å². The van der Waals surface area contributed by atoms with Gasteiger partial charge in [0.1, 0.15) is 11.9 Å². The van der Waals surface area contributed by atoms with Crippen LogP contribution in [0.15, 0.2) is 0 Å². The van der Waals surface area contributed by atoms with E-state index < -0.39 is 6.04 Å². The molecule has 19 heavy (non-hydrogen) atoms. The lowest BCUT2D eigenvalue weighted by Crippen LogP contribution is -2.39. The summed E-state index contributed by atoms with van der Waals surface area (Å²) in [5, 5.41) is 3.68. The summed E-state index contributed by atoms with van der Waals surface area (Å²) in [4.78, 5) is 29.6. The molecule has 0 aromatic carbocycles. The standard InChI is InChI=1S/C12H16N4O2S/c1-6(2)16-9(17)5-8(11(16)18)13-12-14-10(15-19-12)7-3-4-7/h6-8H,3-5H2,1-2H3,(H,13,14,15). The van der Waals surface area contributed by atoms with Crippen LogP contribution in [0.5, 0.6) is 0 Å². The average molecular weight is 280 g/mol. The van der Waals surface area contributed by atoms with Gasteiger partial charge in [-0.1, -0.05) is 0 Å². The summed E-state index contributed by atoms with van der Waals surface area (Å²) in [6.45, 7) is 3.68. The first-order valence-electron chi connectivity index (χ1n) is 6.52. The fraction of sp³-hybridized carbons (Fsp3) is 0.667. The molecule has 1 aliphatic carbocycles. The molecule has 2 amide bonds. The number of nitrogens with one attached hydrogen (secondary N) is 1. The predicted molar refractivity (Wildman–Crippen MR) is 70.9 cm³/mol. The first kappa shape index (κ1) is 12.5. The molecule has 1 aromatic heterocycles. The molecular formula is C12H16N4O2S. The van der Waals surface area contributed by atoms with E-state index in [1.807, 2.05) is 13.8 Å². The summed E-state index contributed by atoms with van der Waals surface area (Å²) < 4.78 is 4.28. The number of likely N-dealkylation sites (tertiary alicyclic amines) is 1. The first-order valence-corrected chi connectivity index (χ1v) is 7.29. The Balaban J connectivity index is 1.69. The van der Waals surface area contributed by atoms with Gasteiger partial charge in [0.15, 0.2) is 0 Å². The van der Waals surface area contributed by atoms with Crippen LogP contribution < -0.4 is 5.32 Å². The minimum absolute atomic E-state index is 0.0942. The van der Waals surface area contributed by atoms with Crippen molar-refractivity contribution >= 4 is 28.5 Å². The highest BCUT2D eigenvalue weighted by Crippen LogP contribution is 2.39. The third-order valence-electron chi connectivity index (χ3n) is 3.38. The second-order valence-corrected chi connectivity index (χ2v) is 6.08. The number of amides is 2. The van der Waals surface area contributed by atoms with Gasteiger partial charge >= 0.3 is 0 Å². The fourth-order valence-corrected chi connectivity index (χ4v) is 2.96. The van der Waals surface area contributed by atoms with E-state index in [0.717, 1.165) is 18.7 Å². The number of imide groups is 1. The van der Waals surface area contributed by atoms with Crippen LogP contribution in [0, 0.1) is 0 Å². The molecule has 1 aromatic rings. The number of hydrogen-bond acceptors (Lipinski definition) is 6. The van der Waals surface area contributed by atoms with Gasteiger partial charge in [0.05, 0.1) is 6.42 Å². The number of carbonyl (C=O) groups is 2. The van der Waals surface area contributed by atoms with Crippen molar-refractivity contribution in [2.24, 2.45) is 0 Å². The van der Waals surface area contributed by atoms with Crippen molar-refractivity contribution in [1.29, 1.82) is 0 Å². The Morgan fingerprint density at radius 3 is 2.68 bits per heavy atom. The zero-order chi connectivity index (χ0) is 13.6. The van der Waals surface area contributed by atoms with Gasteiger partial charge in [-0.25, -0.2) is 4.98 Å². The molecular weight excluding hydrogens is 264 g/mol. The quantitative estimate of drug-likeness (QED) is 0.843. The van der Waals surface area contributed by atoms with E-state index in [9.17, 15) is 9.59 Å². The molecule has 1 atom stereocenters. The van der Waals surface area contributed by atoms with Gasteiger partial charge in [-0.3, -0.25) is 14.5 Å².